The maximum atomic E-state index is 15.4. The van der Waals surface area contributed by atoms with Crippen LogP contribution in [0, 0.1) is 28.4 Å². The lowest BCUT2D eigenvalue weighted by molar-refractivity contribution is -0.118. The van der Waals surface area contributed by atoms with Crippen LogP contribution in [0.3, 0.4) is 0 Å². The molecule has 8 heteroatoms. The molecule has 1 atom stereocenters. The Kier molecular flexibility index (Phi) is 5.19. The molecule has 37 heavy (non-hydrogen) atoms. The van der Waals surface area contributed by atoms with Gasteiger partial charge in [0.25, 0.3) is 0 Å². The van der Waals surface area contributed by atoms with Gasteiger partial charge in [-0.25, -0.2) is 8.78 Å². The van der Waals surface area contributed by atoms with Gasteiger partial charge in [0.1, 0.15) is 23.1 Å². The Morgan fingerprint density at radius 3 is 2.41 bits per heavy atom. The molecule has 6 nitrogen and oxygen atoms in total. The van der Waals surface area contributed by atoms with Crippen LogP contribution in [-0.2, 0) is 4.79 Å². The highest BCUT2D eigenvalue weighted by Crippen LogP contribution is 2.53. The number of Topliss-reactive ketones (excluding diaryl/α,β-unsaturated/α-hetero) is 1. The average Bonchev–Trinajstić information content (AvgIpc) is 3.54. The van der Waals surface area contributed by atoms with Crippen molar-refractivity contribution in [3.05, 3.63) is 95.0 Å². The SMILES string of the molecule is CC1(C)CC(=O)C2=C(C1)N(c1c(F)cccc1F)C(n1cccc1)=C(C#N)[C@H]2c1ccc2c(c1)OCO2. The normalized spacial score (nSPS) is 20.2. The third-order valence-electron chi connectivity index (χ3n) is 7.06. The van der Waals surface area contributed by atoms with E-state index in [0.29, 0.717) is 34.8 Å². The van der Waals surface area contributed by atoms with E-state index in [1.54, 1.807) is 47.3 Å². The summed E-state index contributed by atoms with van der Waals surface area (Å²) in [6, 6.07) is 14.8. The standard InChI is InChI=1S/C29H23F2N3O3/c1-29(2)13-21-26(22(35)14-29)25(17-8-9-23-24(12-17)37-16-36-23)18(15-32)28(33-10-3-4-11-33)34(21)27-19(30)6-5-7-20(27)31/h3-12,25H,13-14,16H2,1-2H3/t25-/m1/s1. The second-order valence-corrected chi connectivity index (χ2v) is 10.2. The number of nitriles is 1. The number of hydrogen-bond acceptors (Lipinski definition) is 5. The van der Waals surface area contributed by atoms with Gasteiger partial charge < -0.3 is 14.0 Å². The van der Waals surface area contributed by atoms with Crippen LogP contribution < -0.4 is 14.4 Å². The van der Waals surface area contributed by atoms with Crippen molar-refractivity contribution in [3.63, 3.8) is 0 Å². The number of hydrogen-bond donors (Lipinski definition) is 0. The van der Waals surface area contributed by atoms with E-state index in [2.05, 4.69) is 6.07 Å². The molecule has 0 unspecified atom stereocenters. The number of para-hydroxylation sites is 1. The summed E-state index contributed by atoms with van der Waals surface area (Å²) in [7, 11) is 0. The molecule has 2 aliphatic heterocycles. The summed E-state index contributed by atoms with van der Waals surface area (Å²) >= 11 is 0. The minimum Gasteiger partial charge on any atom is -0.454 e. The molecule has 186 valence electrons. The van der Waals surface area contributed by atoms with Crippen LogP contribution in [0.5, 0.6) is 11.5 Å². The lowest BCUT2D eigenvalue weighted by Gasteiger charge is -2.45. The van der Waals surface area contributed by atoms with Gasteiger partial charge in [-0.15, -0.1) is 0 Å². The fourth-order valence-electron chi connectivity index (χ4n) is 5.57. The van der Waals surface area contributed by atoms with Gasteiger partial charge in [0.2, 0.25) is 6.79 Å². The summed E-state index contributed by atoms with van der Waals surface area (Å²) in [5, 5.41) is 10.5. The van der Waals surface area contributed by atoms with Crippen molar-refractivity contribution >= 4 is 17.3 Å². The third-order valence-corrected chi connectivity index (χ3v) is 7.06. The fraction of sp³-hybridized carbons (Fsp3) is 0.241. The quantitative estimate of drug-likeness (QED) is 0.433. The molecular weight excluding hydrogens is 476 g/mol. The first kappa shape index (κ1) is 23.0. The van der Waals surface area contributed by atoms with Gasteiger partial charge in [-0.1, -0.05) is 26.0 Å². The predicted molar refractivity (Wildman–Crippen MR) is 132 cm³/mol. The molecule has 0 saturated heterocycles. The van der Waals surface area contributed by atoms with Crippen LogP contribution >= 0.6 is 0 Å². The number of nitrogens with zero attached hydrogens (tertiary/aromatic N) is 3. The molecule has 0 bridgehead atoms. The number of benzene rings is 2. The molecule has 3 aliphatic rings. The number of ketones is 1. The maximum Gasteiger partial charge on any atom is 0.231 e. The van der Waals surface area contributed by atoms with Crippen molar-refractivity contribution in [2.45, 2.75) is 32.6 Å². The summed E-state index contributed by atoms with van der Waals surface area (Å²) in [5.41, 5.74) is 0.940. The van der Waals surface area contributed by atoms with Crippen LogP contribution in [0.1, 0.15) is 38.2 Å². The topological polar surface area (TPSA) is 67.5 Å². The Hall–Kier alpha value is -4.38. The van der Waals surface area contributed by atoms with Gasteiger partial charge in [-0.2, -0.15) is 5.26 Å². The van der Waals surface area contributed by atoms with Crippen LogP contribution in [0.15, 0.2) is 77.8 Å². The van der Waals surface area contributed by atoms with Gasteiger partial charge in [0.05, 0.1) is 17.6 Å². The zero-order valence-electron chi connectivity index (χ0n) is 20.3. The highest BCUT2D eigenvalue weighted by Gasteiger charge is 2.46. The molecule has 0 amide bonds. The lowest BCUT2D eigenvalue weighted by atomic mass is 9.68. The highest BCUT2D eigenvalue weighted by atomic mass is 19.1. The van der Waals surface area contributed by atoms with Crippen molar-refractivity contribution < 1.29 is 23.0 Å². The number of allylic oxidation sites excluding steroid dienone is 3. The van der Waals surface area contributed by atoms with Crippen LogP contribution in [-0.4, -0.2) is 17.1 Å². The molecule has 1 aromatic heterocycles. The first-order chi connectivity index (χ1) is 17.8. The number of anilines is 1. The van der Waals surface area contributed by atoms with E-state index in [-0.39, 0.29) is 36.1 Å². The number of carbonyl (C=O) groups is 1. The van der Waals surface area contributed by atoms with E-state index in [9.17, 15) is 10.1 Å². The van der Waals surface area contributed by atoms with Gasteiger partial charge in [-0.3, -0.25) is 9.69 Å². The molecule has 0 N–H and O–H groups in total. The summed E-state index contributed by atoms with van der Waals surface area (Å²) < 4.78 is 43.4. The first-order valence-corrected chi connectivity index (χ1v) is 12.0. The van der Waals surface area contributed by atoms with E-state index in [4.69, 9.17) is 9.47 Å². The molecule has 3 aromatic rings. The fourth-order valence-corrected chi connectivity index (χ4v) is 5.57. The van der Waals surface area contributed by atoms with Crippen molar-refractivity contribution in [2.24, 2.45) is 5.41 Å². The van der Waals surface area contributed by atoms with E-state index in [0.717, 1.165) is 0 Å². The van der Waals surface area contributed by atoms with Crippen molar-refractivity contribution in [3.8, 4) is 17.6 Å². The van der Waals surface area contributed by atoms with E-state index < -0.39 is 23.0 Å². The molecule has 3 heterocycles. The van der Waals surface area contributed by atoms with Crippen LogP contribution in [0.4, 0.5) is 14.5 Å². The molecule has 1 aliphatic carbocycles. The zero-order chi connectivity index (χ0) is 25.9. The molecule has 0 saturated carbocycles. The van der Waals surface area contributed by atoms with E-state index >= 15 is 8.78 Å². The molecule has 6 rings (SSSR count). The van der Waals surface area contributed by atoms with Gasteiger partial charge in [-0.05, 0) is 53.8 Å². The monoisotopic (exact) mass is 499 g/mol. The highest BCUT2D eigenvalue weighted by molar-refractivity contribution is 6.03. The van der Waals surface area contributed by atoms with Crippen LogP contribution in [0.25, 0.3) is 5.82 Å². The summed E-state index contributed by atoms with van der Waals surface area (Å²) in [6.07, 6.45) is 4.07. The number of carbonyl (C=O) groups excluding carboxylic acids is 1. The second-order valence-electron chi connectivity index (χ2n) is 10.2. The Labute approximate surface area is 212 Å². The summed E-state index contributed by atoms with van der Waals surface area (Å²) in [6.45, 7) is 4.00. The second kappa shape index (κ2) is 8.34. The summed E-state index contributed by atoms with van der Waals surface area (Å²) in [4.78, 5) is 15.2. The Morgan fingerprint density at radius 2 is 1.70 bits per heavy atom. The van der Waals surface area contributed by atoms with Crippen LogP contribution in [0.2, 0.25) is 0 Å². The number of halogens is 2. The molecule has 0 fully saturated rings. The van der Waals surface area contributed by atoms with Crippen molar-refractivity contribution in [1.29, 1.82) is 5.26 Å². The van der Waals surface area contributed by atoms with Gasteiger partial charge in [0.15, 0.2) is 17.3 Å². The van der Waals surface area contributed by atoms with Crippen molar-refractivity contribution in [1.82, 2.24) is 4.57 Å². The predicted octanol–water partition coefficient (Wildman–Crippen LogP) is 6.13. The van der Waals surface area contributed by atoms with E-state index in [1.807, 2.05) is 13.8 Å². The van der Waals surface area contributed by atoms with Crippen molar-refractivity contribution in [2.75, 3.05) is 11.7 Å². The number of fused-ring (bicyclic) bond motifs is 1. The first-order valence-electron chi connectivity index (χ1n) is 12.0. The maximum absolute atomic E-state index is 15.4. The minimum absolute atomic E-state index is 0.0838. The Morgan fingerprint density at radius 1 is 1.00 bits per heavy atom. The number of rotatable bonds is 3. The molecule has 2 aromatic carbocycles. The molecular formula is C29H23F2N3O3. The minimum atomic E-state index is -0.786. The average molecular weight is 500 g/mol. The smallest absolute Gasteiger partial charge is 0.231 e. The Balaban J connectivity index is 1.70. The number of ether oxygens (including phenoxy) is 2. The zero-order valence-corrected chi connectivity index (χ0v) is 20.3. The summed E-state index contributed by atoms with van der Waals surface area (Å²) in [5.74, 6) is -1.10. The third kappa shape index (κ3) is 3.61. The number of aromatic nitrogens is 1. The molecule has 0 spiro atoms. The Bertz CT molecular complexity index is 1530. The molecule has 0 radical (unpaired) electrons. The van der Waals surface area contributed by atoms with Gasteiger partial charge >= 0.3 is 0 Å². The van der Waals surface area contributed by atoms with E-state index in [1.165, 1.54) is 23.1 Å². The van der Waals surface area contributed by atoms with Gasteiger partial charge in [0, 0.05) is 30.1 Å². The largest absolute Gasteiger partial charge is 0.454 e. The lowest BCUT2D eigenvalue weighted by Crippen LogP contribution is -2.41.